The molecule has 3 nitrogen and oxygen atoms in total. The van der Waals surface area contributed by atoms with Gasteiger partial charge < -0.3 is 10.1 Å². The van der Waals surface area contributed by atoms with Gasteiger partial charge in [-0.2, -0.15) is 11.8 Å². The third-order valence-corrected chi connectivity index (χ3v) is 5.13. The Bertz CT molecular complexity index is 737. The second kappa shape index (κ2) is 9.95. The molecule has 0 aliphatic carbocycles. The molecule has 0 heterocycles. The van der Waals surface area contributed by atoms with Crippen LogP contribution in [0.1, 0.15) is 16.7 Å². The van der Waals surface area contributed by atoms with E-state index in [1.165, 1.54) is 5.56 Å². The summed E-state index contributed by atoms with van der Waals surface area (Å²) in [7, 11) is 0. The van der Waals surface area contributed by atoms with E-state index in [2.05, 4.69) is 5.32 Å². The SMILES string of the molecule is Cc1ccc(OCC(=O)NCCSCc2ccc(Cl)cc2Cl)c(C)c1. The third-order valence-electron chi connectivity index (χ3n) is 3.53. The summed E-state index contributed by atoms with van der Waals surface area (Å²) < 4.78 is 5.56. The second-order valence-corrected chi connectivity index (χ2v) is 7.64. The number of nitrogens with one attached hydrogen (secondary N) is 1. The zero-order chi connectivity index (χ0) is 18.2. The molecular weight excluding hydrogens is 377 g/mol. The first-order valence-electron chi connectivity index (χ1n) is 7.94. The maximum atomic E-state index is 11.8. The van der Waals surface area contributed by atoms with E-state index in [1.807, 2.05) is 44.2 Å². The minimum atomic E-state index is -0.120. The minimum Gasteiger partial charge on any atom is -0.484 e. The first-order chi connectivity index (χ1) is 12.0. The van der Waals surface area contributed by atoms with Crippen LogP contribution in [0.5, 0.6) is 5.75 Å². The van der Waals surface area contributed by atoms with Crippen LogP contribution in [0.25, 0.3) is 0 Å². The van der Waals surface area contributed by atoms with Crippen molar-refractivity contribution in [1.82, 2.24) is 5.32 Å². The monoisotopic (exact) mass is 397 g/mol. The van der Waals surface area contributed by atoms with Gasteiger partial charge in [0, 0.05) is 28.1 Å². The number of hydrogen-bond donors (Lipinski definition) is 1. The van der Waals surface area contributed by atoms with Crippen LogP contribution in [0.3, 0.4) is 0 Å². The Labute approximate surface area is 163 Å². The molecule has 0 fully saturated rings. The summed E-state index contributed by atoms with van der Waals surface area (Å²) in [5, 5.41) is 4.16. The molecule has 0 aromatic heterocycles. The highest BCUT2D eigenvalue weighted by atomic mass is 35.5. The van der Waals surface area contributed by atoms with E-state index in [1.54, 1.807) is 17.8 Å². The van der Waals surface area contributed by atoms with E-state index in [4.69, 9.17) is 27.9 Å². The highest BCUT2D eigenvalue weighted by molar-refractivity contribution is 7.98. The zero-order valence-electron chi connectivity index (χ0n) is 14.3. The average Bonchev–Trinajstić information content (AvgIpc) is 2.55. The van der Waals surface area contributed by atoms with Crippen molar-refractivity contribution >= 4 is 40.9 Å². The minimum absolute atomic E-state index is 0.0254. The smallest absolute Gasteiger partial charge is 0.257 e. The fourth-order valence-corrected chi connectivity index (χ4v) is 3.66. The molecule has 0 bridgehead atoms. The van der Waals surface area contributed by atoms with Gasteiger partial charge in [0.2, 0.25) is 0 Å². The normalized spacial score (nSPS) is 10.6. The molecule has 1 N–H and O–H groups in total. The van der Waals surface area contributed by atoms with Gasteiger partial charge in [-0.3, -0.25) is 4.79 Å². The quantitative estimate of drug-likeness (QED) is 0.634. The lowest BCUT2D eigenvalue weighted by molar-refractivity contribution is -0.122. The van der Waals surface area contributed by atoms with Crippen LogP contribution in [0.4, 0.5) is 0 Å². The van der Waals surface area contributed by atoms with Crippen LogP contribution >= 0.6 is 35.0 Å². The molecule has 0 aliphatic rings. The standard InChI is InChI=1S/C19H21Cl2NO2S/c1-13-3-6-18(14(2)9-13)24-11-19(23)22-7-8-25-12-15-4-5-16(20)10-17(15)21/h3-6,9-10H,7-8,11-12H2,1-2H3,(H,22,23). The predicted octanol–water partition coefficient (Wildman–Crippen LogP) is 5.04. The number of benzene rings is 2. The van der Waals surface area contributed by atoms with E-state index in [0.29, 0.717) is 16.6 Å². The van der Waals surface area contributed by atoms with Crippen LogP contribution in [0.2, 0.25) is 10.0 Å². The van der Waals surface area contributed by atoms with Gasteiger partial charge in [-0.15, -0.1) is 0 Å². The summed E-state index contributed by atoms with van der Waals surface area (Å²) >= 11 is 13.7. The summed E-state index contributed by atoms with van der Waals surface area (Å²) in [4.78, 5) is 11.8. The topological polar surface area (TPSA) is 38.3 Å². The molecule has 2 rings (SSSR count). The van der Waals surface area contributed by atoms with Crippen molar-refractivity contribution in [2.24, 2.45) is 0 Å². The van der Waals surface area contributed by atoms with E-state index >= 15 is 0 Å². The van der Waals surface area contributed by atoms with Crippen molar-refractivity contribution in [3.05, 3.63) is 63.1 Å². The predicted molar refractivity (Wildman–Crippen MR) is 107 cm³/mol. The van der Waals surface area contributed by atoms with Crippen LogP contribution in [0, 0.1) is 13.8 Å². The summed E-state index contributed by atoms with van der Waals surface area (Å²) in [6.07, 6.45) is 0. The second-order valence-electron chi connectivity index (χ2n) is 5.70. The highest BCUT2D eigenvalue weighted by Gasteiger charge is 2.05. The number of ether oxygens (including phenoxy) is 1. The molecule has 0 spiro atoms. The van der Waals surface area contributed by atoms with Crippen molar-refractivity contribution in [2.45, 2.75) is 19.6 Å². The molecular formula is C19H21Cl2NO2S. The molecule has 0 radical (unpaired) electrons. The van der Waals surface area contributed by atoms with Crippen LogP contribution in [0.15, 0.2) is 36.4 Å². The first-order valence-corrected chi connectivity index (χ1v) is 9.85. The number of carbonyl (C=O) groups is 1. The van der Waals surface area contributed by atoms with Gasteiger partial charge in [-0.05, 0) is 43.2 Å². The van der Waals surface area contributed by atoms with Crippen LogP contribution in [-0.4, -0.2) is 24.8 Å². The molecule has 2 aromatic rings. The molecule has 1 amide bonds. The van der Waals surface area contributed by atoms with Crippen molar-refractivity contribution in [3.8, 4) is 5.75 Å². The Morgan fingerprint density at radius 1 is 1.16 bits per heavy atom. The van der Waals surface area contributed by atoms with Crippen molar-refractivity contribution < 1.29 is 9.53 Å². The highest BCUT2D eigenvalue weighted by Crippen LogP contribution is 2.24. The molecule has 134 valence electrons. The average molecular weight is 398 g/mol. The Balaban J connectivity index is 1.63. The van der Waals surface area contributed by atoms with Crippen molar-refractivity contribution in [2.75, 3.05) is 18.9 Å². The lowest BCUT2D eigenvalue weighted by Gasteiger charge is -2.10. The maximum absolute atomic E-state index is 11.8. The number of rotatable bonds is 8. The number of aryl methyl sites for hydroxylation is 2. The number of thioether (sulfide) groups is 1. The number of carbonyl (C=O) groups excluding carboxylic acids is 1. The van der Waals surface area contributed by atoms with Gasteiger partial charge in [0.1, 0.15) is 5.75 Å². The number of halogens is 2. The van der Waals surface area contributed by atoms with Crippen LogP contribution < -0.4 is 10.1 Å². The summed E-state index contributed by atoms with van der Waals surface area (Å²) in [5.74, 6) is 2.21. The molecule has 2 aromatic carbocycles. The molecule has 0 saturated carbocycles. The van der Waals surface area contributed by atoms with Crippen LogP contribution in [-0.2, 0) is 10.5 Å². The largest absolute Gasteiger partial charge is 0.484 e. The van der Waals surface area contributed by atoms with Crippen molar-refractivity contribution in [1.29, 1.82) is 0 Å². The number of hydrogen-bond acceptors (Lipinski definition) is 3. The zero-order valence-corrected chi connectivity index (χ0v) is 16.6. The molecule has 6 heteroatoms. The molecule has 0 atom stereocenters. The van der Waals surface area contributed by atoms with Crippen molar-refractivity contribution in [3.63, 3.8) is 0 Å². The summed E-state index contributed by atoms with van der Waals surface area (Å²) in [5.41, 5.74) is 3.25. The van der Waals surface area contributed by atoms with Gasteiger partial charge in [0.15, 0.2) is 6.61 Å². The molecule has 0 saturated heterocycles. The van der Waals surface area contributed by atoms with Gasteiger partial charge >= 0.3 is 0 Å². The maximum Gasteiger partial charge on any atom is 0.257 e. The van der Waals surface area contributed by atoms with Gasteiger partial charge in [0.25, 0.3) is 5.91 Å². The van der Waals surface area contributed by atoms with Gasteiger partial charge in [0.05, 0.1) is 0 Å². The summed E-state index contributed by atoms with van der Waals surface area (Å²) in [6.45, 7) is 4.61. The lowest BCUT2D eigenvalue weighted by atomic mass is 10.1. The van der Waals surface area contributed by atoms with E-state index in [9.17, 15) is 4.79 Å². The Kier molecular flexibility index (Phi) is 7.94. The fourth-order valence-electron chi connectivity index (χ4n) is 2.24. The molecule has 0 aliphatic heterocycles. The summed E-state index contributed by atoms with van der Waals surface area (Å²) in [6, 6.07) is 11.4. The Morgan fingerprint density at radius 3 is 2.68 bits per heavy atom. The Morgan fingerprint density at radius 2 is 1.96 bits per heavy atom. The van der Waals surface area contributed by atoms with Gasteiger partial charge in [-0.1, -0.05) is 47.0 Å². The van der Waals surface area contributed by atoms with E-state index < -0.39 is 0 Å². The van der Waals surface area contributed by atoms with Gasteiger partial charge in [-0.25, -0.2) is 0 Å². The van der Waals surface area contributed by atoms with E-state index in [0.717, 1.165) is 28.4 Å². The fraction of sp³-hybridized carbons (Fsp3) is 0.316. The molecule has 25 heavy (non-hydrogen) atoms. The number of amides is 1. The lowest BCUT2D eigenvalue weighted by Crippen LogP contribution is -2.30. The third kappa shape index (κ3) is 6.81. The molecule has 0 unspecified atom stereocenters. The Hall–Kier alpha value is -1.36. The van der Waals surface area contributed by atoms with E-state index in [-0.39, 0.29) is 12.5 Å². The first kappa shape index (κ1) is 20.0.